The van der Waals surface area contributed by atoms with Crippen LogP contribution in [0, 0.1) is 18.6 Å². The first-order valence-corrected chi connectivity index (χ1v) is 5.83. The molecule has 0 aliphatic rings. The van der Waals surface area contributed by atoms with Crippen molar-refractivity contribution >= 4 is 5.88 Å². The summed E-state index contributed by atoms with van der Waals surface area (Å²) >= 11 is 0. The van der Waals surface area contributed by atoms with E-state index in [-0.39, 0.29) is 17.0 Å². The number of benzene rings is 1. The van der Waals surface area contributed by atoms with Crippen molar-refractivity contribution in [1.82, 2.24) is 5.16 Å². The van der Waals surface area contributed by atoms with Gasteiger partial charge < -0.3 is 14.7 Å². The highest BCUT2D eigenvalue weighted by molar-refractivity contribution is 5.87. The Labute approximate surface area is 112 Å². The van der Waals surface area contributed by atoms with Gasteiger partial charge in [-0.1, -0.05) is 5.16 Å². The van der Waals surface area contributed by atoms with Crippen molar-refractivity contribution in [2.24, 2.45) is 0 Å². The van der Waals surface area contributed by atoms with E-state index in [1.165, 1.54) is 12.3 Å². The Hall–Kier alpha value is -2.63. The van der Waals surface area contributed by atoms with Gasteiger partial charge in [0.15, 0.2) is 0 Å². The van der Waals surface area contributed by atoms with Gasteiger partial charge in [-0.2, -0.15) is 0 Å². The van der Waals surface area contributed by atoms with Crippen LogP contribution in [0.3, 0.4) is 0 Å². The minimum atomic E-state index is -0.734. The molecule has 0 amide bonds. The number of aryl methyl sites for hydroxylation is 1. The fourth-order valence-corrected chi connectivity index (χ4v) is 2.07. The van der Waals surface area contributed by atoms with Crippen molar-refractivity contribution in [3.8, 4) is 22.4 Å². The molecule has 3 rings (SSSR count). The second-order valence-electron chi connectivity index (χ2n) is 4.29. The molecule has 3 aromatic rings. The molecular formula is C14H10F2N2O2. The highest BCUT2D eigenvalue weighted by Gasteiger charge is 2.22. The average molecular weight is 276 g/mol. The third kappa shape index (κ3) is 1.85. The highest BCUT2D eigenvalue weighted by Crippen LogP contribution is 2.38. The first kappa shape index (κ1) is 12.4. The number of aromatic nitrogens is 1. The maximum atomic E-state index is 13.9. The van der Waals surface area contributed by atoms with Gasteiger partial charge in [-0.3, -0.25) is 0 Å². The van der Waals surface area contributed by atoms with Crippen molar-refractivity contribution in [3.05, 3.63) is 47.9 Å². The number of rotatable bonds is 2. The molecule has 0 saturated heterocycles. The highest BCUT2D eigenvalue weighted by atomic mass is 19.1. The van der Waals surface area contributed by atoms with E-state index in [9.17, 15) is 8.78 Å². The number of anilines is 1. The van der Waals surface area contributed by atoms with Crippen molar-refractivity contribution in [2.75, 3.05) is 5.73 Å². The monoisotopic (exact) mass is 276 g/mol. The first-order valence-electron chi connectivity index (χ1n) is 5.83. The average Bonchev–Trinajstić information content (AvgIpc) is 2.96. The van der Waals surface area contributed by atoms with Crippen LogP contribution >= 0.6 is 0 Å². The number of nitrogen functional groups attached to an aromatic ring is 1. The topological polar surface area (TPSA) is 65.2 Å². The molecule has 0 saturated carbocycles. The Morgan fingerprint density at radius 1 is 1.15 bits per heavy atom. The van der Waals surface area contributed by atoms with E-state index < -0.39 is 11.6 Å². The minimum Gasteiger partial charge on any atom is -0.469 e. The summed E-state index contributed by atoms with van der Waals surface area (Å²) in [6.07, 6.45) is 1.49. The molecule has 2 N–H and O–H groups in total. The van der Waals surface area contributed by atoms with E-state index >= 15 is 0 Å². The Kier molecular flexibility index (Phi) is 2.78. The lowest BCUT2D eigenvalue weighted by molar-refractivity contribution is 0.439. The Morgan fingerprint density at radius 2 is 1.95 bits per heavy atom. The normalized spacial score (nSPS) is 10.9. The minimum absolute atomic E-state index is 0.0360. The predicted octanol–water partition coefficient (Wildman–Crippen LogP) is 3.77. The molecule has 0 radical (unpaired) electrons. The SMILES string of the molecule is Cc1occc1-c1noc(N)c1-c1ccc(F)cc1F. The molecule has 0 fully saturated rings. The molecule has 20 heavy (non-hydrogen) atoms. The molecule has 0 aliphatic heterocycles. The summed E-state index contributed by atoms with van der Waals surface area (Å²) < 4.78 is 37.1. The number of halogens is 2. The largest absolute Gasteiger partial charge is 0.469 e. The zero-order chi connectivity index (χ0) is 14.3. The third-order valence-electron chi connectivity index (χ3n) is 3.03. The summed E-state index contributed by atoms with van der Waals surface area (Å²) in [6, 6.07) is 4.91. The number of nitrogens with zero attached hydrogens (tertiary/aromatic N) is 1. The Bertz CT molecular complexity index is 777. The standard InChI is InChI=1S/C14H10F2N2O2/c1-7-9(4-5-19-7)13-12(14(17)20-18-13)10-3-2-8(15)6-11(10)16/h2-6H,17H2,1H3. The summed E-state index contributed by atoms with van der Waals surface area (Å²) in [5.41, 5.74) is 7.13. The van der Waals surface area contributed by atoms with Crippen LogP contribution in [0.4, 0.5) is 14.7 Å². The zero-order valence-electron chi connectivity index (χ0n) is 10.5. The van der Waals surface area contributed by atoms with E-state index in [4.69, 9.17) is 14.7 Å². The second kappa shape index (κ2) is 4.48. The van der Waals surface area contributed by atoms with Crippen LogP contribution in [0.5, 0.6) is 0 Å². The molecule has 0 bridgehead atoms. The lowest BCUT2D eigenvalue weighted by atomic mass is 10.0. The van der Waals surface area contributed by atoms with Gasteiger partial charge in [0.25, 0.3) is 0 Å². The number of furan rings is 1. The van der Waals surface area contributed by atoms with Crippen LogP contribution in [-0.4, -0.2) is 5.16 Å². The molecule has 1 aromatic carbocycles. The predicted molar refractivity (Wildman–Crippen MR) is 68.7 cm³/mol. The molecule has 2 aromatic heterocycles. The quantitative estimate of drug-likeness (QED) is 0.773. The fraction of sp³-hybridized carbons (Fsp3) is 0.0714. The van der Waals surface area contributed by atoms with E-state index in [2.05, 4.69) is 5.16 Å². The van der Waals surface area contributed by atoms with Gasteiger partial charge in [-0.25, -0.2) is 8.78 Å². The summed E-state index contributed by atoms with van der Waals surface area (Å²) in [7, 11) is 0. The molecule has 0 spiro atoms. The molecule has 0 aliphatic carbocycles. The van der Waals surface area contributed by atoms with Gasteiger partial charge in [-0.05, 0) is 25.1 Å². The van der Waals surface area contributed by atoms with E-state index in [0.29, 0.717) is 17.0 Å². The van der Waals surface area contributed by atoms with Gasteiger partial charge >= 0.3 is 0 Å². The molecule has 4 nitrogen and oxygen atoms in total. The molecule has 0 unspecified atom stereocenters. The fourth-order valence-electron chi connectivity index (χ4n) is 2.07. The van der Waals surface area contributed by atoms with Crippen LogP contribution < -0.4 is 5.73 Å². The number of nitrogens with two attached hydrogens (primary N) is 1. The maximum Gasteiger partial charge on any atom is 0.230 e. The molecule has 0 atom stereocenters. The van der Waals surface area contributed by atoms with Crippen molar-refractivity contribution in [2.45, 2.75) is 6.92 Å². The smallest absolute Gasteiger partial charge is 0.230 e. The van der Waals surface area contributed by atoms with Crippen molar-refractivity contribution in [3.63, 3.8) is 0 Å². The van der Waals surface area contributed by atoms with Gasteiger partial charge in [0.2, 0.25) is 5.88 Å². The summed E-state index contributed by atoms with van der Waals surface area (Å²) in [5.74, 6) is -0.835. The molecular weight excluding hydrogens is 266 g/mol. The lowest BCUT2D eigenvalue weighted by Crippen LogP contribution is -1.92. The van der Waals surface area contributed by atoms with Gasteiger partial charge in [0.05, 0.1) is 11.8 Å². The summed E-state index contributed by atoms with van der Waals surface area (Å²) in [4.78, 5) is 0. The third-order valence-corrected chi connectivity index (χ3v) is 3.03. The van der Waals surface area contributed by atoms with Crippen LogP contribution in [0.25, 0.3) is 22.4 Å². The van der Waals surface area contributed by atoms with Gasteiger partial charge in [0.1, 0.15) is 23.1 Å². The first-order chi connectivity index (χ1) is 9.58. The Morgan fingerprint density at radius 3 is 2.60 bits per heavy atom. The van der Waals surface area contributed by atoms with E-state index in [0.717, 1.165) is 12.1 Å². The van der Waals surface area contributed by atoms with Gasteiger partial charge in [-0.15, -0.1) is 0 Å². The van der Waals surface area contributed by atoms with Crippen LogP contribution in [0.15, 0.2) is 39.5 Å². The van der Waals surface area contributed by atoms with Gasteiger partial charge in [0, 0.05) is 17.2 Å². The molecule has 102 valence electrons. The van der Waals surface area contributed by atoms with Crippen LogP contribution in [0.1, 0.15) is 5.76 Å². The second-order valence-corrected chi connectivity index (χ2v) is 4.29. The number of hydrogen-bond donors (Lipinski definition) is 1. The maximum absolute atomic E-state index is 13.9. The molecule has 6 heteroatoms. The van der Waals surface area contributed by atoms with Crippen LogP contribution in [0.2, 0.25) is 0 Å². The molecule has 2 heterocycles. The summed E-state index contributed by atoms with van der Waals surface area (Å²) in [6.45, 7) is 1.74. The van der Waals surface area contributed by atoms with Crippen molar-refractivity contribution in [1.29, 1.82) is 0 Å². The summed E-state index contributed by atoms with van der Waals surface area (Å²) in [5, 5.41) is 3.84. The lowest BCUT2D eigenvalue weighted by Gasteiger charge is -2.03. The zero-order valence-corrected chi connectivity index (χ0v) is 10.5. The van der Waals surface area contributed by atoms with Crippen LogP contribution in [-0.2, 0) is 0 Å². The Balaban J connectivity index is 2.24. The van der Waals surface area contributed by atoms with Crippen molar-refractivity contribution < 1.29 is 17.7 Å². The number of hydrogen-bond acceptors (Lipinski definition) is 4. The van der Waals surface area contributed by atoms with E-state index in [1.807, 2.05) is 0 Å². The van der Waals surface area contributed by atoms with E-state index in [1.54, 1.807) is 13.0 Å².